The van der Waals surface area contributed by atoms with E-state index in [9.17, 15) is 38.4 Å². The van der Waals surface area contributed by atoms with Crippen molar-refractivity contribution < 1.29 is 57.7 Å². The number of imidazole rings is 2. The lowest BCUT2D eigenvalue weighted by molar-refractivity contribution is -0.140. The van der Waals surface area contributed by atoms with Gasteiger partial charge in [-0.15, -0.1) is 0 Å². The number of nitrogens with zero attached hydrogens (tertiary/aromatic N) is 6. The molecular weight excluding hydrogens is 1360 g/mol. The van der Waals surface area contributed by atoms with Crippen LogP contribution in [0, 0.1) is 23.7 Å². The Morgan fingerprint density at radius 2 is 0.962 bits per heavy atom. The molecule has 3 saturated heterocycles. The van der Waals surface area contributed by atoms with Crippen molar-refractivity contribution in [1.82, 2.24) is 66.1 Å². The second-order valence-electron chi connectivity index (χ2n) is 30.2. The minimum Gasteiger partial charge on any atom is -0.480 e. The van der Waals surface area contributed by atoms with E-state index in [4.69, 9.17) is 24.5 Å². The number of fused-ring (bicyclic) bond motifs is 2. The van der Waals surface area contributed by atoms with E-state index in [0.717, 1.165) is 104 Å². The van der Waals surface area contributed by atoms with Gasteiger partial charge in [0.15, 0.2) is 11.6 Å². The standard InChI is InChI=1S/C40H53N9O7Si.C28H33N5OSi.C7H13NO4/c1-22(2)32(43-39(53)55-5)37(51)48-17-9-10-30(48)36(50)45-34-27-18-26(15-16-28(27)46-47-34)24-11-13-25(14-12-24)29-19-41-35(42-29)31-20-57(7,8)21-49(31)38(52)33(23(3)4)44-40(54)56-6;1-35(2)14-13-22(17-35)26-29-16-25(30-26)19-9-7-18(8-10-19)21-11-12-24-23(15-21)27(33-32-24)31-28(34)20-5-3-4-6-20;1-4(2)5(6(9)10)8-7(11)12-3/h11-16,18-19,22-23,30-33H,9-10,17,20-21H2,1-8H3,(H,41,42)(H,43,53)(H,44,54)(H2,45,46,47,50);7-12,15-16,20,22H,3-6,13-14,17H2,1-2H3,(H,29,30)(H2,31,32,33,34);4-5H,1-3H3,(H,8,11)(H,9,10)/t30-,31-,32-,33-;22-;5-/m000/s1. The topological polar surface area (TPSA) is 366 Å². The van der Waals surface area contributed by atoms with Gasteiger partial charge in [-0.1, -0.05) is 147 Å². The van der Waals surface area contributed by atoms with Crippen molar-refractivity contribution in [3.05, 3.63) is 109 Å². The van der Waals surface area contributed by atoms with Gasteiger partial charge in [0.05, 0.1) is 70.3 Å². The van der Waals surface area contributed by atoms with Gasteiger partial charge in [0.2, 0.25) is 23.6 Å². The maximum absolute atomic E-state index is 13.9. The van der Waals surface area contributed by atoms with Crippen LogP contribution < -0.4 is 26.6 Å². The molecule has 3 aliphatic heterocycles. The fourth-order valence-corrected chi connectivity index (χ4v) is 20.3. The molecule has 4 aromatic carbocycles. The van der Waals surface area contributed by atoms with Gasteiger partial charge in [0.1, 0.15) is 35.8 Å². The molecule has 4 aromatic heterocycles. The number of ether oxygens (including phenoxy) is 3. The minimum atomic E-state index is -1.77. The Balaban J connectivity index is 0.000000207. The fourth-order valence-electron chi connectivity index (χ4n) is 14.4. The molecule has 10 N–H and O–H groups in total. The number of aromatic nitrogens is 8. The second kappa shape index (κ2) is 33.1. The van der Waals surface area contributed by atoms with Crippen molar-refractivity contribution in [3.8, 4) is 44.8 Å². The lowest BCUT2D eigenvalue weighted by Gasteiger charge is -2.30. The van der Waals surface area contributed by atoms with Crippen LogP contribution in [0.2, 0.25) is 44.3 Å². The SMILES string of the molecule is COC(=O)N[C@H](C(=O)N1CCC[C@H]1C(=O)Nc1n[nH]c2ccc(-c3ccc(-c4cnc([C@@H]5C[Si](C)(C)CN5C(=O)[C@@H](NC(=O)OC)C(C)C)[nH]4)cc3)cc12)C(C)C.COC(=O)N[C@H](C(=O)O)C(C)C.C[Si]1(C)CC[C@H](c2ncc(-c3ccc(-c4ccc5[nH]nc(NC(=O)C6CCCC6)c5c4)cc3)[nH]2)C1. The maximum atomic E-state index is 13.9. The van der Waals surface area contributed by atoms with E-state index in [1.807, 2.05) is 87.3 Å². The Bertz CT molecular complexity index is 4390. The normalized spacial score (nSPS) is 18.4. The van der Waals surface area contributed by atoms with Crippen molar-refractivity contribution in [3.63, 3.8) is 0 Å². The summed E-state index contributed by atoms with van der Waals surface area (Å²) in [7, 11) is 0.918. The average Bonchev–Trinajstić information content (AvgIpc) is 1.65. The second-order valence-corrected chi connectivity index (χ2v) is 40.5. The molecule has 0 unspecified atom stereocenters. The number of hydrogen-bond acceptors (Lipinski definition) is 15. The Morgan fingerprint density at radius 3 is 1.42 bits per heavy atom. The van der Waals surface area contributed by atoms with E-state index in [-0.39, 0.29) is 53.3 Å². The quantitative estimate of drug-likeness (QED) is 0.0266. The summed E-state index contributed by atoms with van der Waals surface area (Å²) in [6, 6.07) is 28.9. The molecule has 104 heavy (non-hydrogen) atoms. The summed E-state index contributed by atoms with van der Waals surface area (Å²) in [6.07, 6.45) is 9.00. The Hall–Kier alpha value is -10.2. The highest BCUT2D eigenvalue weighted by Gasteiger charge is 2.46. The van der Waals surface area contributed by atoms with Crippen LogP contribution in [0.5, 0.6) is 0 Å². The third-order valence-electron chi connectivity index (χ3n) is 20.3. The van der Waals surface area contributed by atoms with Gasteiger partial charge in [-0.2, -0.15) is 10.2 Å². The monoisotopic (exact) mass is 1460 g/mol. The summed E-state index contributed by atoms with van der Waals surface area (Å²) < 4.78 is 13.8. The number of aliphatic carboxylic acids is 1. The first kappa shape index (κ1) is 76.5. The average molecular weight is 1460 g/mol. The number of alkyl carbamates (subject to hydrolysis) is 3. The Labute approximate surface area is 607 Å². The van der Waals surface area contributed by atoms with E-state index in [0.29, 0.717) is 48.9 Å². The lowest BCUT2D eigenvalue weighted by atomic mass is 10.0. The summed E-state index contributed by atoms with van der Waals surface area (Å²) in [5, 5.41) is 38.6. The third kappa shape index (κ3) is 18.2. The number of carboxylic acids is 1. The van der Waals surface area contributed by atoms with E-state index in [1.54, 1.807) is 20.0 Å². The molecule has 7 heterocycles. The lowest BCUT2D eigenvalue weighted by Crippen LogP contribution is -2.54. The number of carboxylic acid groups (broad SMARTS) is 1. The number of likely N-dealkylation sites (tertiary alicyclic amines) is 1. The molecule has 0 bridgehead atoms. The zero-order valence-electron chi connectivity index (χ0n) is 61.6. The number of H-pyrrole nitrogens is 4. The number of amides is 7. The molecule has 0 radical (unpaired) electrons. The zero-order valence-corrected chi connectivity index (χ0v) is 63.6. The number of hydrogen-bond donors (Lipinski definition) is 10. The van der Waals surface area contributed by atoms with E-state index < -0.39 is 64.6 Å². The van der Waals surface area contributed by atoms with Crippen LogP contribution in [0.4, 0.5) is 26.0 Å². The fraction of sp³-hybridized carbons (Fsp3) is 0.467. The first-order chi connectivity index (χ1) is 49.5. The molecule has 27 nitrogen and oxygen atoms in total. The molecule has 1 aliphatic carbocycles. The number of carbonyl (C=O) groups is 8. The molecule has 4 fully saturated rings. The highest BCUT2D eigenvalue weighted by atomic mass is 28.3. The number of carbonyl (C=O) groups excluding carboxylic acids is 7. The predicted octanol–water partition coefficient (Wildman–Crippen LogP) is 12.8. The largest absolute Gasteiger partial charge is 0.480 e. The highest BCUT2D eigenvalue weighted by Crippen LogP contribution is 2.42. The van der Waals surface area contributed by atoms with E-state index in [1.165, 1.54) is 44.7 Å². The number of nitrogens with one attached hydrogen (secondary N) is 9. The van der Waals surface area contributed by atoms with Crippen LogP contribution in [-0.4, -0.2) is 177 Å². The van der Waals surface area contributed by atoms with Gasteiger partial charge in [0.25, 0.3) is 0 Å². The number of benzene rings is 4. The predicted molar refractivity (Wildman–Crippen MR) is 404 cm³/mol. The molecule has 12 rings (SSSR count). The van der Waals surface area contributed by atoms with Gasteiger partial charge in [-0.25, -0.2) is 29.1 Å². The van der Waals surface area contributed by atoms with Crippen LogP contribution in [0.3, 0.4) is 0 Å². The molecule has 29 heteroatoms. The summed E-state index contributed by atoms with van der Waals surface area (Å²) in [5.74, 6) is 1.26. The van der Waals surface area contributed by atoms with E-state index >= 15 is 0 Å². The Kier molecular flexibility index (Phi) is 24.3. The molecule has 6 atom stereocenters. The van der Waals surface area contributed by atoms with Gasteiger partial charge in [-0.3, -0.25) is 29.4 Å². The van der Waals surface area contributed by atoms with Crippen molar-refractivity contribution in [1.29, 1.82) is 0 Å². The molecule has 7 amide bonds. The van der Waals surface area contributed by atoms with Crippen molar-refractivity contribution in [2.45, 2.75) is 167 Å². The Morgan fingerprint density at radius 1 is 0.519 bits per heavy atom. The van der Waals surface area contributed by atoms with Crippen LogP contribution in [0.15, 0.2) is 97.3 Å². The number of aromatic amines is 4. The molecule has 554 valence electrons. The minimum absolute atomic E-state index is 0.0908. The van der Waals surface area contributed by atoms with Crippen molar-refractivity contribution >= 4 is 97.5 Å². The molecule has 8 aromatic rings. The maximum Gasteiger partial charge on any atom is 0.407 e. The summed E-state index contributed by atoms with van der Waals surface area (Å²) >= 11 is 0. The smallest absolute Gasteiger partial charge is 0.407 e. The van der Waals surface area contributed by atoms with Crippen LogP contribution >= 0.6 is 0 Å². The third-order valence-corrected chi connectivity index (χ3v) is 26.2. The number of rotatable bonds is 19. The van der Waals surface area contributed by atoms with Crippen LogP contribution in [0.1, 0.15) is 110 Å². The highest BCUT2D eigenvalue weighted by molar-refractivity contribution is 6.78. The number of anilines is 2. The zero-order chi connectivity index (χ0) is 74.9. The van der Waals surface area contributed by atoms with Crippen molar-refractivity contribution in [2.75, 3.05) is 44.7 Å². The summed E-state index contributed by atoms with van der Waals surface area (Å²) in [6.45, 7) is 20.8. The molecular formula is C75H99N15O12Si2. The summed E-state index contributed by atoms with van der Waals surface area (Å²) in [5.41, 5.74) is 9.73. The van der Waals surface area contributed by atoms with Gasteiger partial charge in [-0.05, 0) is 120 Å². The van der Waals surface area contributed by atoms with Crippen LogP contribution in [-0.2, 0) is 38.2 Å². The number of methoxy groups -OCH3 is 3. The van der Waals surface area contributed by atoms with Crippen LogP contribution in [0.25, 0.3) is 66.6 Å². The van der Waals surface area contributed by atoms with Gasteiger partial charge in [0, 0.05) is 43.4 Å². The molecule has 1 saturated carbocycles. The van der Waals surface area contributed by atoms with E-state index in [2.05, 4.69) is 124 Å². The summed E-state index contributed by atoms with van der Waals surface area (Å²) in [4.78, 5) is 119. The van der Waals surface area contributed by atoms with Gasteiger partial charge < -0.3 is 65.7 Å². The molecule has 0 spiro atoms. The first-order valence-electron chi connectivity index (χ1n) is 35.8. The van der Waals surface area contributed by atoms with Gasteiger partial charge >= 0.3 is 24.2 Å². The first-order valence-corrected chi connectivity index (χ1v) is 42.6. The molecule has 4 aliphatic rings. The van der Waals surface area contributed by atoms with Crippen molar-refractivity contribution in [2.24, 2.45) is 23.7 Å².